The van der Waals surface area contributed by atoms with Crippen molar-refractivity contribution < 1.29 is 22.7 Å². The third-order valence-electron chi connectivity index (χ3n) is 6.02. The second kappa shape index (κ2) is 14.4. The number of halogens is 1. The molecule has 2 unspecified atom stereocenters. The zero-order chi connectivity index (χ0) is 27.6. The molecule has 0 spiro atoms. The number of carbonyl (C=O) groups excluding carboxylic acids is 2. The van der Waals surface area contributed by atoms with Gasteiger partial charge in [0.05, 0.1) is 18.6 Å². The van der Waals surface area contributed by atoms with Gasteiger partial charge in [0.1, 0.15) is 11.8 Å². The summed E-state index contributed by atoms with van der Waals surface area (Å²) in [6.45, 7) is 8.43. The lowest BCUT2D eigenvalue weighted by molar-refractivity contribution is -0.140. The second-order valence-corrected chi connectivity index (χ2v) is 11.8. The fourth-order valence-corrected chi connectivity index (χ4v) is 4.94. The molecule has 0 saturated heterocycles. The van der Waals surface area contributed by atoms with Crippen LogP contribution in [0.1, 0.15) is 52.5 Å². The highest BCUT2D eigenvalue weighted by molar-refractivity contribution is 9.10. The van der Waals surface area contributed by atoms with Crippen LogP contribution in [0.5, 0.6) is 5.75 Å². The minimum Gasteiger partial charge on any atom is -0.494 e. The maximum Gasteiger partial charge on any atom is 0.242 e. The Kier molecular flexibility index (Phi) is 11.9. The van der Waals surface area contributed by atoms with Gasteiger partial charge in [-0.2, -0.15) is 0 Å². The van der Waals surface area contributed by atoms with E-state index < -0.39 is 16.1 Å². The van der Waals surface area contributed by atoms with Gasteiger partial charge in [0.15, 0.2) is 0 Å². The van der Waals surface area contributed by atoms with E-state index in [1.165, 1.54) is 4.31 Å². The van der Waals surface area contributed by atoms with Crippen molar-refractivity contribution in [2.24, 2.45) is 0 Å². The molecule has 0 fully saturated rings. The molecule has 10 heteroatoms. The molecule has 1 N–H and O–H groups in total. The summed E-state index contributed by atoms with van der Waals surface area (Å²) in [4.78, 5) is 27.8. The van der Waals surface area contributed by atoms with Gasteiger partial charge in [0.25, 0.3) is 0 Å². The van der Waals surface area contributed by atoms with Gasteiger partial charge in [-0.1, -0.05) is 35.0 Å². The number of benzene rings is 2. The van der Waals surface area contributed by atoms with Crippen molar-refractivity contribution in [2.75, 3.05) is 23.7 Å². The minimum atomic E-state index is -3.56. The lowest BCUT2D eigenvalue weighted by Crippen LogP contribution is -2.49. The summed E-state index contributed by atoms with van der Waals surface area (Å²) in [6, 6.07) is 13.7. The van der Waals surface area contributed by atoms with Gasteiger partial charge in [0, 0.05) is 30.0 Å². The van der Waals surface area contributed by atoms with Crippen LogP contribution in [0, 0.1) is 0 Å². The third kappa shape index (κ3) is 9.66. The first-order chi connectivity index (χ1) is 17.5. The number of hydrogen-bond donors (Lipinski definition) is 1. The number of rotatable bonds is 14. The standard InChI is InChI=1S/C27H38BrN3O5S/c1-6-20(3)29-27(33)21(4)30(19-22-10-12-23(28)13-11-22)26(32)9-8-18-31(37(5,34)35)24-14-16-25(17-15-24)36-7-2/h10-17,20-21H,6-9,18-19H2,1-5H3,(H,29,33). The molecule has 0 saturated carbocycles. The smallest absolute Gasteiger partial charge is 0.242 e. The van der Waals surface area contributed by atoms with Crippen LogP contribution >= 0.6 is 15.9 Å². The largest absolute Gasteiger partial charge is 0.494 e. The van der Waals surface area contributed by atoms with E-state index in [4.69, 9.17) is 4.74 Å². The molecule has 0 radical (unpaired) electrons. The fraction of sp³-hybridized carbons (Fsp3) is 0.481. The molecule has 0 aliphatic carbocycles. The molecule has 0 heterocycles. The normalized spacial score (nSPS) is 12.9. The van der Waals surface area contributed by atoms with Crippen LogP contribution < -0.4 is 14.4 Å². The predicted octanol–water partition coefficient (Wildman–Crippen LogP) is 4.73. The molecule has 2 rings (SSSR count). The Bertz CT molecular complexity index is 1120. The first kappa shape index (κ1) is 30.6. The molecule has 8 nitrogen and oxygen atoms in total. The molecule has 2 amide bonds. The Hall–Kier alpha value is -2.59. The topological polar surface area (TPSA) is 96.0 Å². The van der Waals surface area contributed by atoms with E-state index in [0.717, 1.165) is 22.7 Å². The Labute approximate surface area is 229 Å². The Morgan fingerprint density at radius 2 is 1.65 bits per heavy atom. The van der Waals surface area contributed by atoms with Crippen molar-refractivity contribution in [1.29, 1.82) is 0 Å². The van der Waals surface area contributed by atoms with Crippen LogP contribution in [-0.4, -0.2) is 56.6 Å². The highest BCUT2D eigenvalue weighted by Crippen LogP contribution is 2.23. The van der Waals surface area contributed by atoms with Crippen LogP contribution in [0.4, 0.5) is 5.69 Å². The zero-order valence-electron chi connectivity index (χ0n) is 22.2. The molecule has 0 bridgehead atoms. The van der Waals surface area contributed by atoms with Gasteiger partial charge in [-0.15, -0.1) is 0 Å². The third-order valence-corrected chi connectivity index (χ3v) is 7.75. The van der Waals surface area contributed by atoms with Crippen molar-refractivity contribution in [3.63, 3.8) is 0 Å². The van der Waals surface area contributed by atoms with E-state index in [1.807, 2.05) is 45.0 Å². The number of ether oxygens (including phenoxy) is 1. The summed E-state index contributed by atoms with van der Waals surface area (Å²) in [5, 5.41) is 2.95. The molecule has 2 atom stereocenters. The zero-order valence-corrected chi connectivity index (χ0v) is 24.6. The van der Waals surface area contributed by atoms with Crippen molar-refractivity contribution in [1.82, 2.24) is 10.2 Å². The number of hydrogen-bond acceptors (Lipinski definition) is 5. The van der Waals surface area contributed by atoms with E-state index in [-0.39, 0.29) is 37.4 Å². The second-order valence-electron chi connectivity index (χ2n) is 9.01. The molecule has 0 aliphatic heterocycles. The maximum absolute atomic E-state index is 13.4. The lowest BCUT2D eigenvalue weighted by atomic mass is 10.1. The van der Waals surface area contributed by atoms with E-state index in [9.17, 15) is 18.0 Å². The summed E-state index contributed by atoms with van der Waals surface area (Å²) in [5.74, 6) is 0.227. The quantitative estimate of drug-likeness (QED) is 0.341. The highest BCUT2D eigenvalue weighted by atomic mass is 79.9. The molecule has 2 aromatic carbocycles. The average Bonchev–Trinajstić information content (AvgIpc) is 2.85. The van der Waals surface area contributed by atoms with Gasteiger partial charge in [-0.25, -0.2) is 8.42 Å². The number of nitrogens with one attached hydrogen (secondary N) is 1. The fourth-order valence-electron chi connectivity index (χ4n) is 3.71. The van der Waals surface area contributed by atoms with Crippen molar-refractivity contribution >= 4 is 43.5 Å². The minimum absolute atomic E-state index is 0.00276. The van der Waals surface area contributed by atoms with E-state index in [2.05, 4.69) is 21.2 Å². The maximum atomic E-state index is 13.4. The Morgan fingerprint density at radius 1 is 1.03 bits per heavy atom. The van der Waals surface area contributed by atoms with E-state index in [0.29, 0.717) is 24.5 Å². The first-order valence-electron chi connectivity index (χ1n) is 12.5. The monoisotopic (exact) mass is 595 g/mol. The predicted molar refractivity (Wildman–Crippen MR) is 151 cm³/mol. The summed E-state index contributed by atoms with van der Waals surface area (Å²) in [5.41, 5.74) is 1.40. The summed E-state index contributed by atoms with van der Waals surface area (Å²) < 4.78 is 32.6. The summed E-state index contributed by atoms with van der Waals surface area (Å²) in [6.07, 6.45) is 2.33. The summed E-state index contributed by atoms with van der Waals surface area (Å²) in [7, 11) is -3.56. The van der Waals surface area contributed by atoms with Crippen LogP contribution in [0.2, 0.25) is 0 Å². The van der Waals surface area contributed by atoms with Gasteiger partial charge >= 0.3 is 0 Å². The van der Waals surface area contributed by atoms with Crippen LogP contribution in [0.3, 0.4) is 0 Å². The number of amides is 2. The number of nitrogens with zero attached hydrogens (tertiary/aromatic N) is 2. The summed E-state index contributed by atoms with van der Waals surface area (Å²) >= 11 is 3.42. The average molecular weight is 597 g/mol. The van der Waals surface area contributed by atoms with Gasteiger partial charge in [-0.05, 0) is 75.6 Å². The number of sulfonamides is 1. The lowest BCUT2D eigenvalue weighted by Gasteiger charge is -2.30. The van der Waals surface area contributed by atoms with Gasteiger partial charge in [-0.3, -0.25) is 13.9 Å². The Balaban J connectivity index is 2.15. The molecular weight excluding hydrogens is 558 g/mol. The Morgan fingerprint density at radius 3 is 2.19 bits per heavy atom. The van der Waals surface area contributed by atoms with Gasteiger partial charge in [0.2, 0.25) is 21.8 Å². The van der Waals surface area contributed by atoms with Crippen LogP contribution in [0.25, 0.3) is 0 Å². The SMILES string of the molecule is CCOc1ccc(N(CCCC(=O)N(Cc2ccc(Br)cc2)C(C)C(=O)NC(C)CC)S(C)(=O)=O)cc1. The van der Waals surface area contributed by atoms with E-state index >= 15 is 0 Å². The molecule has 2 aromatic rings. The van der Waals surface area contributed by atoms with Crippen molar-refractivity contribution in [3.8, 4) is 5.75 Å². The molecular formula is C27H38BrN3O5S. The van der Waals surface area contributed by atoms with Crippen molar-refractivity contribution in [2.45, 2.75) is 65.6 Å². The molecule has 0 aromatic heterocycles. The van der Waals surface area contributed by atoms with E-state index in [1.54, 1.807) is 36.1 Å². The first-order valence-corrected chi connectivity index (χ1v) is 15.1. The highest BCUT2D eigenvalue weighted by Gasteiger charge is 2.27. The molecule has 204 valence electrons. The van der Waals surface area contributed by atoms with Crippen molar-refractivity contribution in [3.05, 3.63) is 58.6 Å². The van der Waals surface area contributed by atoms with Crippen LogP contribution in [0.15, 0.2) is 53.0 Å². The van der Waals surface area contributed by atoms with Gasteiger partial charge < -0.3 is 15.0 Å². The van der Waals surface area contributed by atoms with Crippen LogP contribution in [-0.2, 0) is 26.2 Å². The molecule has 0 aliphatic rings. The number of anilines is 1. The number of carbonyl (C=O) groups is 2. The molecule has 37 heavy (non-hydrogen) atoms.